The van der Waals surface area contributed by atoms with Crippen LogP contribution in [0.1, 0.15) is 30.5 Å². The van der Waals surface area contributed by atoms with Gasteiger partial charge in [0.2, 0.25) is 0 Å². The molecule has 0 radical (unpaired) electrons. The molecule has 144 valence electrons. The van der Waals surface area contributed by atoms with E-state index in [0.717, 1.165) is 36.1 Å². The molecule has 2 N–H and O–H groups in total. The standard InChI is InChI=1S/C15H22F3N7S/c1-2-19-14(20-6-3-4-8-25-10-22-23-11-25)21-7-5-13-24-12(9-26-13)15(16,17)18/h9-11H,2-8H2,1H3,(H2,19,20,21). The molecule has 0 aliphatic rings. The Labute approximate surface area is 153 Å². The van der Waals surface area contributed by atoms with Crippen LogP contribution in [0.4, 0.5) is 13.2 Å². The Hall–Kier alpha value is -2.17. The second-order valence-corrected chi connectivity index (χ2v) is 6.41. The van der Waals surface area contributed by atoms with E-state index in [1.165, 1.54) is 0 Å². The van der Waals surface area contributed by atoms with Crippen molar-refractivity contribution in [2.24, 2.45) is 4.99 Å². The molecule has 26 heavy (non-hydrogen) atoms. The second-order valence-electron chi connectivity index (χ2n) is 5.47. The van der Waals surface area contributed by atoms with Gasteiger partial charge in [0.15, 0.2) is 11.7 Å². The molecule has 2 rings (SSSR count). The predicted molar refractivity (Wildman–Crippen MR) is 94.1 cm³/mol. The minimum Gasteiger partial charge on any atom is -0.357 e. The van der Waals surface area contributed by atoms with E-state index in [4.69, 9.17) is 0 Å². The van der Waals surface area contributed by atoms with Gasteiger partial charge in [-0.25, -0.2) is 4.98 Å². The van der Waals surface area contributed by atoms with Crippen LogP contribution in [0.5, 0.6) is 0 Å². The van der Waals surface area contributed by atoms with Crippen molar-refractivity contribution in [3.63, 3.8) is 0 Å². The van der Waals surface area contributed by atoms with E-state index in [1.54, 1.807) is 12.7 Å². The Kier molecular flexibility index (Phi) is 7.82. The Morgan fingerprint density at radius 3 is 2.65 bits per heavy atom. The van der Waals surface area contributed by atoms with Gasteiger partial charge in [-0.05, 0) is 19.8 Å². The van der Waals surface area contributed by atoms with Gasteiger partial charge < -0.3 is 15.2 Å². The van der Waals surface area contributed by atoms with Gasteiger partial charge in [0.25, 0.3) is 0 Å². The molecule has 0 aromatic carbocycles. The van der Waals surface area contributed by atoms with Crippen LogP contribution >= 0.6 is 11.3 Å². The molecule has 2 heterocycles. The van der Waals surface area contributed by atoms with E-state index >= 15 is 0 Å². The SMILES string of the molecule is CCNC(=NCCCCn1cnnc1)NCCc1nc(C(F)(F)F)cs1. The highest BCUT2D eigenvalue weighted by Gasteiger charge is 2.33. The first-order valence-electron chi connectivity index (χ1n) is 8.35. The first-order chi connectivity index (χ1) is 12.5. The Bertz CT molecular complexity index is 667. The van der Waals surface area contributed by atoms with Gasteiger partial charge in [0.1, 0.15) is 12.7 Å². The zero-order valence-electron chi connectivity index (χ0n) is 14.5. The van der Waals surface area contributed by atoms with Crippen molar-refractivity contribution < 1.29 is 13.2 Å². The number of alkyl halides is 3. The van der Waals surface area contributed by atoms with Crippen LogP contribution in [-0.2, 0) is 19.1 Å². The Morgan fingerprint density at radius 2 is 2.00 bits per heavy atom. The average Bonchev–Trinajstić information content (AvgIpc) is 3.25. The monoisotopic (exact) mass is 389 g/mol. The molecule has 0 spiro atoms. The summed E-state index contributed by atoms with van der Waals surface area (Å²) in [5.41, 5.74) is -0.828. The van der Waals surface area contributed by atoms with Crippen molar-refractivity contribution in [1.29, 1.82) is 0 Å². The van der Waals surface area contributed by atoms with Crippen molar-refractivity contribution in [2.75, 3.05) is 19.6 Å². The zero-order chi connectivity index (χ0) is 18.8. The third kappa shape index (κ3) is 6.98. The summed E-state index contributed by atoms with van der Waals surface area (Å²) in [6, 6.07) is 0. The largest absolute Gasteiger partial charge is 0.434 e. The highest BCUT2D eigenvalue weighted by molar-refractivity contribution is 7.09. The van der Waals surface area contributed by atoms with Crippen molar-refractivity contribution in [3.05, 3.63) is 28.7 Å². The lowest BCUT2D eigenvalue weighted by molar-refractivity contribution is -0.140. The quantitative estimate of drug-likeness (QED) is 0.391. The number of guanidine groups is 1. The van der Waals surface area contributed by atoms with Gasteiger partial charge in [0, 0.05) is 38.0 Å². The highest BCUT2D eigenvalue weighted by atomic mass is 32.1. The average molecular weight is 389 g/mol. The third-order valence-corrected chi connectivity index (χ3v) is 4.29. The van der Waals surface area contributed by atoms with Crippen LogP contribution < -0.4 is 10.6 Å². The molecule has 11 heteroatoms. The number of hydrogen-bond acceptors (Lipinski definition) is 5. The minimum atomic E-state index is -4.38. The molecule has 0 bridgehead atoms. The topological polar surface area (TPSA) is 80.0 Å². The van der Waals surface area contributed by atoms with Crippen LogP contribution in [0.2, 0.25) is 0 Å². The lowest BCUT2D eigenvalue weighted by atomic mass is 10.3. The number of hydrogen-bond donors (Lipinski definition) is 2. The van der Waals surface area contributed by atoms with Gasteiger partial charge in [0.05, 0.1) is 5.01 Å². The molecular formula is C15H22F3N7S. The number of aryl methyl sites for hydroxylation is 1. The van der Waals surface area contributed by atoms with Crippen molar-refractivity contribution in [1.82, 2.24) is 30.4 Å². The summed E-state index contributed by atoms with van der Waals surface area (Å²) in [5, 5.41) is 15.2. The van der Waals surface area contributed by atoms with Gasteiger partial charge in [-0.1, -0.05) is 0 Å². The predicted octanol–water partition coefficient (Wildman–Crippen LogP) is 2.33. The maximum Gasteiger partial charge on any atom is 0.434 e. The molecule has 0 aliphatic carbocycles. The number of nitrogens with one attached hydrogen (secondary N) is 2. The number of halogens is 3. The minimum absolute atomic E-state index is 0.415. The lowest BCUT2D eigenvalue weighted by Crippen LogP contribution is -2.38. The third-order valence-electron chi connectivity index (χ3n) is 3.38. The van der Waals surface area contributed by atoms with Crippen molar-refractivity contribution in [3.8, 4) is 0 Å². The second kappa shape index (κ2) is 10.1. The first kappa shape index (κ1) is 20.1. The zero-order valence-corrected chi connectivity index (χ0v) is 15.3. The van der Waals surface area contributed by atoms with Gasteiger partial charge in [-0.3, -0.25) is 4.99 Å². The lowest BCUT2D eigenvalue weighted by Gasteiger charge is -2.10. The van der Waals surface area contributed by atoms with E-state index in [1.807, 2.05) is 11.5 Å². The van der Waals surface area contributed by atoms with Gasteiger partial charge >= 0.3 is 6.18 Å². The maximum atomic E-state index is 12.5. The fourth-order valence-corrected chi connectivity index (χ4v) is 2.93. The molecular weight excluding hydrogens is 367 g/mol. The van der Waals surface area contributed by atoms with Gasteiger partial charge in [-0.15, -0.1) is 21.5 Å². The van der Waals surface area contributed by atoms with Crippen LogP contribution in [-0.4, -0.2) is 45.3 Å². The van der Waals surface area contributed by atoms with E-state index in [0.29, 0.717) is 37.0 Å². The summed E-state index contributed by atoms with van der Waals surface area (Å²) < 4.78 is 39.5. The van der Waals surface area contributed by atoms with Crippen LogP contribution in [0, 0.1) is 0 Å². The van der Waals surface area contributed by atoms with Crippen molar-refractivity contribution in [2.45, 2.75) is 38.9 Å². The molecule has 0 amide bonds. The van der Waals surface area contributed by atoms with Gasteiger partial charge in [-0.2, -0.15) is 13.2 Å². The fraction of sp³-hybridized carbons (Fsp3) is 0.600. The van der Waals surface area contributed by atoms with E-state index < -0.39 is 11.9 Å². The summed E-state index contributed by atoms with van der Waals surface area (Å²) >= 11 is 1.02. The molecule has 0 atom stereocenters. The molecule has 2 aromatic rings. The summed E-state index contributed by atoms with van der Waals surface area (Å²) in [4.78, 5) is 8.08. The van der Waals surface area contributed by atoms with Crippen LogP contribution in [0.25, 0.3) is 0 Å². The van der Waals surface area contributed by atoms with Crippen LogP contribution in [0.3, 0.4) is 0 Å². The number of aromatic nitrogens is 4. The Balaban J connectivity index is 1.70. The van der Waals surface area contributed by atoms with Crippen LogP contribution in [0.15, 0.2) is 23.0 Å². The number of unbranched alkanes of at least 4 members (excludes halogenated alkanes) is 1. The number of thiazole rings is 1. The first-order valence-corrected chi connectivity index (χ1v) is 9.23. The number of nitrogens with zero attached hydrogens (tertiary/aromatic N) is 5. The van der Waals surface area contributed by atoms with E-state index in [2.05, 4.69) is 30.8 Å². The molecule has 0 unspecified atom stereocenters. The molecule has 0 saturated carbocycles. The molecule has 0 fully saturated rings. The fourth-order valence-electron chi connectivity index (χ4n) is 2.12. The molecule has 0 saturated heterocycles. The summed E-state index contributed by atoms with van der Waals surface area (Å²) in [6.45, 7) is 4.64. The number of rotatable bonds is 9. The summed E-state index contributed by atoms with van der Waals surface area (Å²) in [5.74, 6) is 0.657. The maximum absolute atomic E-state index is 12.5. The van der Waals surface area contributed by atoms with E-state index in [9.17, 15) is 13.2 Å². The molecule has 7 nitrogen and oxygen atoms in total. The summed E-state index contributed by atoms with van der Waals surface area (Å²) in [7, 11) is 0. The van der Waals surface area contributed by atoms with Crippen molar-refractivity contribution >= 4 is 17.3 Å². The number of aliphatic imine (C=N–C) groups is 1. The normalized spacial score (nSPS) is 12.4. The highest BCUT2D eigenvalue weighted by Crippen LogP contribution is 2.29. The van der Waals surface area contributed by atoms with E-state index in [-0.39, 0.29) is 0 Å². The molecule has 2 aromatic heterocycles. The smallest absolute Gasteiger partial charge is 0.357 e. The Morgan fingerprint density at radius 1 is 1.23 bits per heavy atom. The molecule has 0 aliphatic heterocycles. The summed E-state index contributed by atoms with van der Waals surface area (Å²) in [6.07, 6.45) is 1.26.